The van der Waals surface area contributed by atoms with Gasteiger partial charge < -0.3 is 9.47 Å². The lowest BCUT2D eigenvalue weighted by atomic mass is 9.97. The fourth-order valence-electron chi connectivity index (χ4n) is 2.53. The third kappa shape index (κ3) is 5.91. The second-order valence-electron chi connectivity index (χ2n) is 6.15. The maximum Gasteiger partial charge on any atom is 0.333 e. The van der Waals surface area contributed by atoms with Gasteiger partial charge in [0.1, 0.15) is 5.82 Å². The number of carbonyl (C=O) groups excluding carboxylic acids is 2. The van der Waals surface area contributed by atoms with Crippen LogP contribution in [0, 0.1) is 5.82 Å². The van der Waals surface area contributed by atoms with Crippen LogP contribution in [0.25, 0.3) is 11.1 Å². The molecule has 0 bridgehead atoms. The molecule has 0 radical (unpaired) electrons. The topological polar surface area (TPSA) is 52.6 Å². The van der Waals surface area contributed by atoms with Gasteiger partial charge in [-0.2, -0.15) is 0 Å². The maximum absolute atomic E-state index is 14.5. The standard InChI is InChI=1S/C23H23FO4/c1-4-5-7-12-22(25)27-17(3)28-23(26)16(2)19-13-14-20(21(24)15-19)18-10-8-6-9-11-18/h4-17H,1-3H3. The van der Waals surface area contributed by atoms with Crippen LogP contribution >= 0.6 is 0 Å². The Kier molecular flexibility index (Phi) is 7.69. The fraction of sp³-hybridized carbons (Fsp3) is 0.217. The zero-order valence-corrected chi connectivity index (χ0v) is 16.1. The summed E-state index contributed by atoms with van der Waals surface area (Å²) in [5, 5.41) is 0. The Balaban J connectivity index is 2.01. The Bertz CT molecular complexity index is 871. The lowest BCUT2D eigenvalue weighted by molar-refractivity contribution is -0.181. The quantitative estimate of drug-likeness (QED) is 0.287. The van der Waals surface area contributed by atoms with E-state index in [9.17, 15) is 14.0 Å². The molecule has 0 fully saturated rings. The number of ether oxygens (including phenoxy) is 2. The van der Waals surface area contributed by atoms with Crippen LogP contribution in [0.2, 0.25) is 0 Å². The number of rotatable bonds is 7. The monoisotopic (exact) mass is 382 g/mol. The second kappa shape index (κ2) is 10.2. The molecule has 0 N–H and O–H groups in total. The van der Waals surface area contributed by atoms with Crippen molar-refractivity contribution in [2.75, 3.05) is 0 Å². The van der Waals surface area contributed by atoms with Crippen molar-refractivity contribution in [2.45, 2.75) is 33.0 Å². The molecule has 2 unspecified atom stereocenters. The van der Waals surface area contributed by atoms with E-state index in [-0.39, 0.29) is 0 Å². The first-order valence-corrected chi connectivity index (χ1v) is 8.97. The van der Waals surface area contributed by atoms with E-state index in [0.717, 1.165) is 5.56 Å². The molecular weight excluding hydrogens is 359 g/mol. The van der Waals surface area contributed by atoms with E-state index in [2.05, 4.69) is 0 Å². The molecule has 0 saturated carbocycles. The van der Waals surface area contributed by atoms with Crippen LogP contribution in [-0.4, -0.2) is 18.2 Å². The summed E-state index contributed by atoms with van der Waals surface area (Å²) in [4.78, 5) is 23.9. The summed E-state index contributed by atoms with van der Waals surface area (Å²) in [6, 6.07) is 13.8. The molecule has 0 spiro atoms. The summed E-state index contributed by atoms with van der Waals surface area (Å²) in [5.41, 5.74) is 1.70. The van der Waals surface area contributed by atoms with Crippen molar-refractivity contribution in [1.82, 2.24) is 0 Å². The minimum atomic E-state index is -1.05. The van der Waals surface area contributed by atoms with E-state index in [1.807, 2.05) is 37.3 Å². The van der Waals surface area contributed by atoms with Gasteiger partial charge in [0.05, 0.1) is 5.92 Å². The van der Waals surface area contributed by atoms with Gasteiger partial charge >= 0.3 is 11.9 Å². The highest BCUT2D eigenvalue weighted by molar-refractivity contribution is 5.83. The maximum atomic E-state index is 14.5. The Morgan fingerprint density at radius 3 is 2.36 bits per heavy atom. The van der Waals surface area contributed by atoms with E-state index in [1.165, 1.54) is 25.1 Å². The predicted molar refractivity (Wildman–Crippen MR) is 106 cm³/mol. The van der Waals surface area contributed by atoms with Gasteiger partial charge in [-0.15, -0.1) is 0 Å². The van der Waals surface area contributed by atoms with E-state index in [1.54, 1.807) is 31.2 Å². The van der Waals surface area contributed by atoms with E-state index in [0.29, 0.717) is 11.1 Å². The zero-order valence-electron chi connectivity index (χ0n) is 16.1. The molecule has 0 aliphatic rings. The Hall–Kier alpha value is -3.21. The molecule has 5 heteroatoms. The normalized spacial score (nSPS) is 13.4. The van der Waals surface area contributed by atoms with Crippen molar-refractivity contribution < 1.29 is 23.5 Å². The molecule has 2 atom stereocenters. The highest BCUT2D eigenvalue weighted by Crippen LogP contribution is 2.27. The van der Waals surface area contributed by atoms with Gasteiger partial charge in [-0.25, -0.2) is 9.18 Å². The number of carbonyl (C=O) groups is 2. The first kappa shape index (κ1) is 21.1. The van der Waals surface area contributed by atoms with Crippen molar-refractivity contribution in [3.63, 3.8) is 0 Å². The van der Waals surface area contributed by atoms with Crippen LogP contribution in [-0.2, 0) is 19.1 Å². The largest absolute Gasteiger partial charge is 0.425 e. The van der Waals surface area contributed by atoms with Gasteiger partial charge in [0.2, 0.25) is 6.29 Å². The molecule has 28 heavy (non-hydrogen) atoms. The summed E-state index contributed by atoms with van der Waals surface area (Å²) in [5.74, 6) is -2.36. The van der Waals surface area contributed by atoms with Crippen LogP contribution in [0.5, 0.6) is 0 Å². The molecule has 0 aromatic heterocycles. The molecular formula is C23H23FO4. The van der Waals surface area contributed by atoms with Crippen LogP contribution < -0.4 is 0 Å². The van der Waals surface area contributed by atoms with Gasteiger partial charge in [0, 0.05) is 18.6 Å². The Morgan fingerprint density at radius 2 is 1.71 bits per heavy atom. The SMILES string of the molecule is CC=CC=CC(=O)OC(C)OC(=O)C(C)c1ccc(-c2ccccc2)c(F)c1. The van der Waals surface area contributed by atoms with Gasteiger partial charge in [0.15, 0.2) is 0 Å². The number of hydrogen-bond donors (Lipinski definition) is 0. The summed E-state index contributed by atoms with van der Waals surface area (Å²) in [7, 11) is 0. The van der Waals surface area contributed by atoms with Gasteiger partial charge in [-0.1, -0.05) is 60.7 Å². The average molecular weight is 382 g/mol. The van der Waals surface area contributed by atoms with Crippen LogP contribution in [0.3, 0.4) is 0 Å². The smallest absolute Gasteiger partial charge is 0.333 e. The number of esters is 2. The summed E-state index contributed by atoms with van der Waals surface area (Å²) >= 11 is 0. The van der Waals surface area contributed by atoms with Crippen molar-refractivity contribution in [3.05, 3.63) is 84.2 Å². The molecule has 0 amide bonds. The van der Waals surface area contributed by atoms with Gasteiger partial charge in [0.25, 0.3) is 0 Å². The molecule has 2 aromatic rings. The molecule has 146 valence electrons. The Labute approximate surface area is 164 Å². The van der Waals surface area contributed by atoms with Crippen LogP contribution in [0.15, 0.2) is 72.8 Å². The van der Waals surface area contributed by atoms with Crippen LogP contribution in [0.1, 0.15) is 32.3 Å². The number of hydrogen-bond acceptors (Lipinski definition) is 4. The number of halogens is 1. The molecule has 2 aromatic carbocycles. The van der Waals surface area contributed by atoms with Crippen molar-refractivity contribution in [2.24, 2.45) is 0 Å². The first-order valence-electron chi connectivity index (χ1n) is 8.97. The highest BCUT2D eigenvalue weighted by Gasteiger charge is 2.22. The van der Waals surface area contributed by atoms with Crippen molar-refractivity contribution in [3.8, 4) is 11.1 Å². The summed E-state index contributed by atoms with van der Waals surface area (Å²) in [6.07, 6.45) is 5.14. The van der Waals surface area contributed by atoms with E-state index >= 15 is 0 Å². The molecule has 0 saturated heterocycles. The lowest BCUT2D eigenvalue weighted by Crippen LogP contribution is -2.23. The first-order chi connectivity index (χ1) is 13.4. The molecule has 0 aliphatic heterocycles. The zero-order chi connectivity index (χ0) is 20.5. The third-order valence-corrected chi connectivity index (χ3v) is 4.03. The minimum absolute atomic E-state index is 0.419. The second-order valence-corrected chi connectivity index (χ2v) is 6.15. The summed E-state index contributed by atoms with van der Waals surface area (Å²) < 4.78 is 24.6. The van der Waals surface area contributed by atoms with Crippen molar-refractivity contribution in [1.29, 1.82) is 0 Å². The minimum Gasteiger partial charge on any atom is -0.425 e. The number of benzene rings is 2. The number of allylic oxidation sites excluding steroid dienone is 3. The fourth-order valence-corrected chi connectivity index (χ4v) is 2.53. The molecule has 0 heterocycles. The Morgan fingerprint density at radius 1 is 1.00 bits per heavy atom. The molecule has 2 rings (SSSR count). The molecule has 4 nitrogen and oxygen atoms in total. The van der Waals surface area contributed by atoms with E-state index < -0.39 is 30.0 Å². The highest BCUT2D eigenvalue weighted by atomic mass is 19.1. The van der Waals surface area contributed by atoms with Gasteiger partial charge in [-0.05, 0) is 31.0 Å². The van der Waals surface area contributed by atoms with Crippen molar-refractivity contribution >= 4 is 11.9 Å². The van der Waals surface area contributed by atoms with Crippen LogP contribution in [0.4, 0.5) is 4.39 Å². The lowest BCUT2D eigenvalue weighted by Gasteiger charge is -2.17. The van der Waals surface area contributed by atoms with Gasteiger partial charge in [-0.3, -0.25) is 4.79 Å². The predicted octanol–water partition coefficient (Wildman–Crippen LogP) is 5.16. The average Bonchev–Trinajstić information content (AvgIpc) is 2.68. The molecule has 0 aliphatic carbocycles. The third-order valence-electron chi connectivity index (χ3n) is 4.03. The van der Waals surface area contributed by atoms with E-state index in [4.69, 9.17) is 9.47 Å². The summed E-state index contributed by atoms with van der Waals surface area (Å²) in [6.45, 7) is 4.88.